The van der Waals surface area contributed by atoms with Crippen LogP contribution in [0.3, 0.4) is 0 Å². The fraction of sp³-hybridized carbons (Fsp3) is 0.484. The van der Waals surface area contributed by atoms with Crippen LogP contribution in [0.1, 0.15) is 67.2 Å². The summed E-state index contributed by atoms with van der Waals surface area (Å²) in [4.78, 5) is 14.7. The molecule has 4 aliphatic rings. The molecule has 2 aromatic heterocycles. The van der Waals surface area contributed by atoms with Gasteiger partial charge in [-0.05, 0) is 56.1 Å². The van der Waals surface area contributed by atoms with E-state index in [1.807, 2.05) is 50.4 Å². The number of fused-ring (bicyclic) bond motifs is 1. The molecular weight excluding hydrogens is 478 g/mol. The number of ether oxygens (including phenoxy) is 1. The Morgan fingerprint density at radius 1 is 1.16 bits per heavy atom. The molecule has 5 atom stereocenters. The van der Waals surface area contributed by atoms with Crippen LogP contribution < -0.4 is 4.74 Å². The molecule has 0 radical (unpaired) electrons. The van der Waals surface area contributed by atoms with E-state index in [1.54, 1.807) is 10.6 Å². The number of phenols is 1. The van der Waals surface area contributed by atoms with Crippen molar-refractivity contribution in [3.8, 4) is 11.5 Å². The van der Waals surface area contributed by atoms with Crippen molar-refractivity contribution in [1.82, 2.24) is 14.5 Å². The maximum Gasteiger partial charge on any atom is 0.169 e. The van der Waals surface area contributed by atoms with Crippen LogP contribution >= 0.6 is 0 Å². The number of aromatic hydroxyl groups is 1. The molecule has 7 heteroatoms. The number of benzene rings is 1. The minimum absolute atomic E-state index is 0.000654. The maximum atomic E-state index is 12.3. The molecule has 1 saturated heterocycles. The predicted molar refractivity (Wildman–Crippen MR) is 146 cm³/mol. The molecule has 7 nitrogen and oxygen atoms in total. The lowest BCUT2D eigenvalue weighted by Gasteiger charge is -2.56. The molecule has 200 valence electrons. The minimum Gasteiger partial charge on any atom is -0.504 e. The Morgan fingerprint density at radius 3 is 2.68 bits per heavy atom. The molecule has 1 spiro atoms. The molecule has 0 unspecified atom stereocenters. The second kappa shape index (κ2) is 8.95. The van der Waals surface area contributed by atoms with Gasteiger partial charge in [0.1, 0.15) is 12.2 Å². The zero-order valence-electron chi connectivity index (χ0n) is 22.8. The van der Waals surface area contributed by atoms with Gasteiger partial charge >= 0.3 is 0 Å². The van der Waals surface area contributed by atoms with Crippen molar-refractivity contribution in [3.63, 3.8) is 0 Å². The van der Waals surface area contributed by atoms with Crippen molar-refractivity contribution >= 4 is 11.3 Å². The zero-order valence-corrected chi connectivity index (χ0v) is 22.8. The number of carbonyl (C=O) groups is 1. The Labute approximate surface area is 223 Å². The van der Waals surface area contributed by atoms with Gasteiger partial charge in [0, 0.05) is 35.1 Å². The number of rotatable bonds is 3. The molecular formula is C31H37N3O4. The largest absolute Gasteiger partial charge is 0.504 e. The van der Waals surface area contributed by atoms with Gasteiger partial charge in [-0.1, -0.05) is 52.0 Å². The van der Waals surface area contributed by atoms with Crippen molar-refractivity contribution in [2.75, 3.05) is 13.6 Å². The second-order valence-corrected chi connectivity index (χ2v) is 11.9. The van der Waals surface area contributed by atoms with Gasteiger partial charge in [0.15, 0.2) is 17.3 Å². The van der Waals surface area contributed by atoms with E-state index in [0.717, 1.165) is 36.2 Å². The first-order valence-corrected chi connectivity index (χ1v) is 13.7. The highest BCUT2D eigenvalue weighted by molar-refractivity contribution is 6.04. The van der Waals surface area contributed by atoms with Crippen LogP contribution in [0, 0.1) is 11.8 Å². The molecule has 0 saturated carbocycles. The van der Waals surface area contributed by atoms with Gasteiger partial charge < -0.3 is 19.8 Å². The number of hydrogen-bond donors (Lipinski definition) is 2. The van der Waals surface area contributed by atoms with Crippen LogP contribution in [0.25, 0.3) is 5.52 Å². The Morgan fingerprint density at radius 2 is 1.95 bits per heavy atom. The fourth-order valence-corrected chi connectivity index (χ4v) is 7.20. The quantitative estimate of drug-likeness (QED) is 0.395. The number of piperidine rings is 1. The van der Waals surface area contributed by atoms with Crippen molar-refractivity contribution in [2.24, 2.45) is 11.8 Å². The van der Waals surface area contributed by atoms with E-state index in [2.05, 4.69) is 37.0 Å². The summed E-state index contributed by atoms with van der Waals surface area (Å²) in [6.45, 7) is 9.01. The summed E-state index contributed by atoms with van der Waals surface area (Å²) in [6, 6.07) is 10.0. The molecule has 3 aromatic rings. The molecule has 7 rings (SSSR count). The fourth-order valence-electron chi connectivity index (χ4n) is 7.20. The molecule has 2 N–H and O–H groups in total. The van der Waals surface area contributed by atoms with Gasteiger partial charge in [0.05, 0.1) is 16.8 Å². The van der Waals surface area contributed by atoms with E-state index < -0.39 is 6.10 Å². The zero-order chi connectivity index (χ0) is 26.9. The van der Waals surface area contributed by atoms with Crippen LogP contribution in [0.5, 0.6) is 11.5 Å². The van der Waals surface area contributed by atoms with Crippen LogP contribution in [0.4, 0.5) is 0 Å². The Balaban J connectivity index is 0.000000143. The molecule has 2 bridgehead atoms. The van der Waals surface area contributed by atoms with Gasteiger partial charge in [-0.3, -0.25) is 4.79 Å². The maximum absolute atomic E-state index is 12.3. The second-order valence-electron chi connectivity index (χ2n) is 11.9. The molecule has 0 amide bonds. The van der Waals surface area contributed by atoms with Gasteiger partial charge in [-0.25, -0.2) is 4.52 Å². The highest BCUT2D eigenvalue weighted by Gasteiger charge is 2.64. The first-order valence-electron chi connectivity index (χ1n) is 13.7. The summed E-state index contributed by atoms with van der Waals surface area (Å²) in [5, 5.41) is 25.2. The first-order chi connectivity index (χ1) is 18.1. The third-order valence-corrected chi connectivity index (χ3v) is 9.03. The number of aromatic nitrogens is 2. The van der Waals surface area contributed by atoms with E-state index >= 15 is 0 Å². The number of nitrogens with zero attached hydrogens (tertiary/aromatic N) is 3. The SMILES string of the molecule is CC(C)C(=O)c1c(C(C)C)nn2ccccc12.CN1CC[C@]23c4c5ccc(O)c4O[C@H]2[C@@H](O)C=C[C@H]3[C@H]1C5. The molecule has 2 aliphatic heterocycles. The monoisotopic (exact) mass is 515 g/mol. The number of ketones is 1. The highest BCUT2D eigenvalue weighted by atomic mass is 16.5. The molecule has 38 heavy (non-hydrogen) atoms. The minimum atomic E-state index is -0.594. The van der Waals surface area contributed by atoms with Crippen molar-refractivity contribution in [1.29, 1.82) is 0 Å². The molecule has 1 aromatic carbocycles. The molecule has 4 heterocycles. The topological polar surface area (TPSA) is 87.3 Å². The number of aliphatic hydroxyl groups is 1. The number of hydrogen-bond acceptors (Lipinski definition) is 6. The number of carbonyl (C=O) groups excluding carboxylic acids is 1. The lowest BCUT2D eigenvalue weighted by Crippen LogP contribution is -2.64. The van der Waals surface area contributed by atoms with Crippen molar-refractivity contribution in [3.05, 3.63) is 71.1 Å². The number of aliphatic hydroxyl groups excluding tert-OH is 1. The summed E-state index contributed by atoms with van der Waals surface area (Å²) in [7, 11) is 2.19. The van der Waals surface area contributed by atoms with Crippen LogP contribution in [0.15, 0.2) is 48.7 Å². The van der Waals surface area contributed by atoms with E-state index in [9.17, 15) is 15.0 Å². The third-order valence-electron chi connectivity index (χ3n) is 9.03. The normalized spacial score (nSPS) is 28.7. The van der Waals surface area contributed by atoms with E-state index in [0.29, 0.717) is 17.7 Å². The Hall–Kier alpha value is -3.16. The Bertz CT molecular complexity index is 1440. The number of likely N-dealkylation sites (tertiary alicyclic amines) is 1. The van der Waals surface area contributed by atoms with Gasteiger partial charge in [0.2, 0.25) is 0 Å². The van der Waals surface area contributed by atoms with E-state index in [-0.39, 0.29) is 34.9 Å². The first kappa shape index (κ1) is 25.1. The van der Waals surface area contributed by atoms with Gasteiger partial charge in [0.25, 0.3) is 0 Å². The van der Waals surface area contributed by atoms with Crippen LogP contribution in [-0.4, -0.2) is 62.4 Å². The van der Waals surface area contributed by atoms with Crippen molar-refractivity contribution < 1.29 is 19.7 Å². The summed E-state index contributed by atoms with van der Waals surface area (Å²) in [5.74, 6) is 1.62. The Kier molecular flexibility index (Phi) is 5.92. The predicted octanol–water partition coefficient (Wildman–Crippen LogP) is 4.49. The smallest absolute Gasteiger partial charge is 0.169 e. The highest BCUT2D eigenvalue weighted by Crippen LogP contribution is 2.62. The average Bonchev–Trinajstić information content (AvgIpc) is 3.46. The third kappa shape index (κ3) is 3.48. The summed E-state index contributed by atoms with van der Waals surface area (Å²) in [5.41, 5.74) is 4.89. The van der Waals surface area contributed by atoms with Crippen LogP contribution in [-0.2, 0) is 11.8 Å². The number of phenolic OH excluding ortho intramolecular Hbond substituents is 1. The lowest BCUT2D eigenvalue weighted by atomic mass is 9.53. The van der Waals surface area contributed by atoms with Crippen LogP contribution in [0.2, 0.25) is 0 Å². The summed E-state index contributed by atoms with van der Waals surface area (Å²) in [6.07, 6.45) is 7.07. The van der Waals surface area contributed by atoms with Gasteiger partial charge in [-0.2, -0.15) is 5.10 Å². The summed E-state index contributed by atoms with van der Waals surface area (Å²) < 4.78 is 7.88. The van der Waals surface area contributed by atoms with Gasteiger partial charge in [-0.15, -0.1) is 0 Å². The molecule has 2 aliphatic carbocycles. The molecule has 1 fully saturated rings. The standard InChI is InChI=1S/C17H19NO3.C14H18N2O/c1-18-7-6-17-10-3-5-13(20)16(17)21-15-12(19)4-2-9(14(15)17)8-11(10)18;1-9(2)13-12(14(17)10(3)4)11-7-5-6-8-16(11)15-13/h2-5,10-11,13,16,19-20H,6-8H2,1H3;5-10H,1-4H3/t10-,11+,13-,16-,17-;/m0./s1. The van der Waals surface area contributed by atoms with E-state index in [1.165, 1.54) is 11.1 Å². The number of pyridine rings is 1. The van der Waals surface area contributed by atoms with E-state index in [4.69, 9.17) is 4.74 Å². The average molecular weight is 516 g/mol. The lowest BCUT2D eigenvalue weighted by molar-refractivity contribution is -0.0453. The van der Waals surface area contributed by atoms with Crippen molar-refractivity contribution in [2.45, 2.75) is 70.1 Å². The number of Topliss-reactive ketones (excluding diaryl/α,β-unsaturated/α-hetero) is 1. The summed E-state index contributed by atoms with van der Waals surface area (Å²) >= 11 is 0. The number of likely N-dealkylation sites (N-methyl/N-ethyl adjacent to an activating group) is 1.